The van der Waals surface area contributed by atoms with E-state index in [-0.39, 0.29) is 35.7 Å². The first kappa shape index (κ1) is 22.2. The van der Waals surface area contributed by atoms with Gasteiger partial charge in [-0.1, -0.05) is 39.0 Å². The third-order valence-electron chi connectivity index (χ3n) is 3.28. The number of aliphatic hydroxyl groups is 1. The van der Waals surface area contributed by atoms with Crippen LogP contribution in [-0.2, 0) is 10.1 Å². The van der Waals surface area contributed by atoms with E-state index >= 15 is 0 Å². The smallest absolute Gasteiger partial charge is 0.748 e. The summed E-state index contributed by atoms with van der Waals surface area (Å²) in [6, 6.07) is 0. The average molecular weight is 302 g/mol. The van der Waals surface area contributed by atoms with Crippen molar-refractivity contribution in [3.05, 3.63) is 0 Å². The molecule has 0 aromatic rings. The van der Waals surface area contributed by atoms with Crippen LogP contribution in [0.2, 0.25) is 0 Å². The standard InChI is InChI=1S/C13H28O4S.Na/c1-3-4-5-6-7-10-13(14)11-8-9-12(2)18(15,16)17;/h12-14H,3-11H2,1-2H3,(H,15,16,17);/q;+1/p-1. The van der Waals surface area contributed by atoms with Gasteiger partial charge in [0.15, 0.2) is 0 Å². The minimum Gasteiger partial charge on any atom is -0.748 e. The van der Waals surface area contributed by atoms with Crippen molar-refractivity contribution in [3.63, 3.8) is 0 Å². The summed E-state index contributed by atoms with van der Waals surface area (Å²) >= 11 is 0. The minimum atomic E-state index is -4.16. The van der Waals surface area contributed by atoms with Gasteiger partial charge in [0.2, 0.25) is 0 Å². The molecule has 0 amide bonds. The van der Waals surface area contributed by atoms with Gasteiger partial charge in [-0.2, -0.15) is 0 Å². The molecule has 2 unspecified atom stereocenters. The molecule has 0 heterocycles. The number of unbranched alkanes of at least 4 members (excludes halogenated alkanes) is 4. The molecule has 6 heteroatoms. The van der Waals surface area contributed by atoms with Crippen LogP contribution in [0.4, 0.5) is 0 Å². The summed E-state index contributed by atoms with van der Waals surface area (Å²) in [6.07, 6.45) is 7.81. The molecule has 0 spiro atoms. The summed E-state index contributed by atoms with van der Waals surface area (Å²) in [7, 11) is -4.16. The molecular formula is C13H27NaO4S. The maximum Gasteiger partial charge on any atom is 1.00 e. The van der Waals surface area contributed by atoms with Gasteiger partial charge in [-0.25, -0.2) is 8.42 Å². The Labute approximate surface area is 140 Å². The van der Waals surface area contributed by atoms with Crippen molar-refractivity contribution >= 4 is 10.1 Å². The van der Waals surface area contributed by atoms with E-state index in [9.17, 15) is 18.1 Å². The molecule has 0 aliphatic heterocycles. The van der Waals surface area contributed by atoms with Gasteiger partial charge in [0.1, 0.15) is 0 Å². The number of aliphatic hydroxyl groups excluding tert-OH is 1. The third kappa shape index (κ3) is 13.6. The van der Waals surface area contributed by atoms with Crippen LogP contribution in [0.1, 0.15) is 71.6 Å². The van der Waals surface area contributed by atoms with Crippen molar-refractivity contribution in [1.29, 1.82) is 0 Å². The van der Waals surface area contributed by atoms with Crippen molar-refractivity contribution in [2.45, 2.75) is 83.0 Å². The summed E-state index contributed by atoms with van der Waals surface area (Å²) in [5.74, 6) is 0. The molecule has 4 nitrogen and oxygen atoms in total. The first-order chi connectivity index (χ1) is 8.38. The topological polar surface area (TPSA) is 77.4 Å². The molecule has 0 aliphatic rings. The molecule has 0 saturated carbocycles. The van der Waals surface area contributed by atoms with Crippen LogP contribution in [0.15, 0.2) is 0 Å². The van der Waals surface area contributed by atoms with Gasteiger partial charge in [-0.05, 0) is 32.6 Å². The zero-order valence-corrected chi connectivity index (χ0v) is 15.4. The summed E-state index contributed by atoms with van der Waals surface area (Å²) in [5, 5.41) is 8.86. The van der Waals surface area contributed by atoms with Gasteiger partial charge >= 0.3 is 29.6 Å². The van der Waals surface area contributed by atoms with Crippen LogP contribution in [0.5, 0.6) is 0 Å². The summed E-state index contributed by atoms with van der Waals surface area (Å²) < 4.78 is 32.0. The monoisotopic (exact) mass is 302 g/mol. The molecule has 0 saturated heterocycles. The van der Waals surface area contributed by atoms with Crippen molar-refractivity contribution in [2.24, 2.45) is 0 Å². The van der Waals surface area contributed by atoms with Gasteiger partial charge in [-0.3, -0.25) is 0 Å². The first-order valence-electron chi connectivity index (χ1n) is 7.00. The van der Waals surface area contributed by atoms with E-state index in [1.54, 1.807) is 0 Å². The second-order valence-electron chi connectivity index (χ2n) is 5.09. The molecule has 0 fully saturated rings. The van der Waals surface area contributed by atoms with Crippen LogP contribution >= 0.6 is 0 Å². The molecule has 1 N–H and O–H groups in total. The molecule has 0 radical (unpaired) electrons. The quantitative estimate of drug-likeness (QED) is 0.326. The van der Waals surface area contributed by atoms with Crippen LogP contribution in [0.3, 0.4) is 0 Å². The van der Waals surface area contributed by atoms with E-state index < -0.39 is 15.4 Å². The maximum atomic E-state index is 10.7. The van der Waals surface area contributed by atoms with E-state index in [0.29, 0.717) is 19.3 Å². The zero-order chi connectivity index (χ0) is 14.0. The molecule has 19 heavy (non-hydrogen) atoms. The largest absolute Gasteiger partial charge is 1.00 e. The van der Waals surface area contributed by atoms with Crippen LogP contribution in [0, 0.1) is 0 Å². The van der Waals surface area contributed by atoms with Crippen LogP contribution < -0.4 is 29.6 Å². The van der Waals surface area contributed by atoms with Crippen LogP contribution in [-0.4, -0.2) is 29.4 Å². The van der Waals surface area contributed by atoms with Crippen molar-refractivity contribution in [1.82, 2.24) is 0 Å². The molecule has 0 aliphatic carbocycles. The molecular weight excluding hydrogens is 275 g/mol. The van der Waals surface area contributed by atoms with Gasteiger partial charge in [0, 0.05) is 5.25 Å². The normalized spacial score (nSPS) is 14.7. The number of rotatable bonds is 11. The van der Waals surface area contributed by atoms with E-state index in [1.165, 1.54) is 26.2 Å². The van der Waals surface area contributed by atoms with Crippen LogP contribution in [0.25, 0.3) is 0 Å². The molecule has 0 aromatic heterocycles. The minimum absolute atomic E-state index is 0. The molecule has 0 aromatic carbocycles. The summed E-state index contributed by atoms with van der Waals surface area (Å²) in [6.45, 7) is 3.60. The first-order valence-corrected chi connectivity index (χ1v) is 8.47. The Balaban J connectivity index is 0. The van der Waals surface area contributed by atoms with E-state index in [4.69, 9.17) is 0 Å². The van der Waals surface area contributed by atoms with Crippen molar-refractivity contribution in [3.8, 4) is 0 Å². The Kier molecular flexibility index (Phi) is 14.7. The van der Waals surface area contributed by atoms with Crippen molar-refractivity contribution < 1.29 is 47.6 Å². The van der Waals surface area contributed by atoms with E-state index in [2.05, 4.69) is 6.92 Å². The summed E-state index contributed by atoms with van der Waals surface area (Å²) in [4.78, 5) is 0. The Morgan fingerprint density at radius 2 is 1.53 bits per heavy atom. The van der Waals surface area contributed by atoms with E-state index in [0.717, 1.165) is 19.3 Å². The molecule has 110 valence electrons. The Morgan fingerprint density at radius 3 is 2.05 bits per heavy atom. The predicted molar refractivity (Wildman–Crippen MR) is 72.4 cm³/mol. The Hall–Kier alpha value is 0.870. The predicted octanol–water partition coefficient (Wildman–Crippen LogP) is -0.184. The fraction of sp³-hybridized carbons (Fsp3) is 1.00. The van der Waals surface area contributed by atoms with E-state index in [1.807, 2.05) is 0 Å². The SMILES string of the molecule is CCCCCCCC(O)CCCC(C)S(=O)(=O)[O-].[Na+]. The second kappa shape index (κ2) is 12.6. The van der Waals surface area contributed by atoms with Gasteiger partial charge in [-0.15, -0.1) is 0 Å². The number of hydrogen-bond donors (Lipinski definition) is 1. The second-order valence-corrected chi connectivity index (χ2v) is 6.88. The fourth-order valence-electron chi connectivity index (χ4n) is 1.91. The van der Waals surface area contributed by atoms with Gasteiger partial charge < -0.3 is 9.66 Å². The maximum absolute atomic E-state index is 10.7. The van der Waals surface area contributed by atoms with Gasteiger partial charge in [0.05, 0.1) is 16.2 Å². The van der Waals surface area contributed by atoms with Crippen molar-refractivity contribution in [2.75, 3.05) is 0 Å². The zero-order valence-electron chi connectivity index (χ0n) is 12.6. The van der Waals surface area contributed by atoms with Gasteiger partial charge in [0.25, 0.3) is 0 Å². The number of hydrogen-bond acceptors (Lipinski definition) is 4. The third-order valence-corrected chi connectivity index (χ3v) is 4.50. The average Bonchev–Trinajstić information content (AvgIpc) is 2.27. The Morgan fingerprint density at radius 1 is 1.00 bits per heavy atom. The summed E-state index contributed by atoms with van der Waals surface area (Å²) in [5.41, 5.74) is 0. The fourth-order valence-corrected chi connectivity index (χ4v) is 2.37. The molecule has 2 atom stereocenters. The molecule has 0 bridgehead atoms. The Bertz CT molecular complexity index is 293. The molecule has 0 rings (SSSR count).